The summed E-state index contributed by atoms with van der Waals surface area (Å²) in [5.74, 6) is 0. The van der Waals surface area contributed by atoms with Gasteiger partial charge in [0.05, 0.1) is 0 Å². The zero-order chi connectivity index (χ0) is 29.9. The molecule has 0 unspecified atom stereocenters. The van der Waals surface area contributed by atoms with Crippen molar-refractivity contribution in [3.05, 3.63) is 60.7 Å². The molecule has 2 nitrogen and oxygen atoms in total. The molecule has 0 aliphatic heterocycles. The molecular weight excluding hydrogens is 549 g/mol. The van der Waals surface area contributed by atoms with Crippen LogP contribution in [0.5, 0.6) is 0 Å². The average Bonchev–Trinajstić information content (AvgIpc) is 3.02. The van der Waals surface area contributed by atoms with Crippen molar-refractivity contribution in [2.45, 2.75) is 155 Å². The van der Waals surface area contributed by atoms with Gasteiger partial charge >= 0.3 is 8.56 Å². The number of hydrogen-bond donors (Lipinski definition) is 0. The molecule has 0 saturated heterocycles. The van der Waals surface area contributed by atoms with Gasteiger partial charge < -0.3 is 8.23 Å². The van der Waals surface area contributed by atoms with E-state index in [9.17, 15) is 0 Å². The Hall–Kier alpha value is -0.989. The molecule has 0 fully saturated rings. The minimum Gasteiger partial charge on any atom is -0.429 e. The third-order valence-corrected chi connectivity index (χ3v) is 24.5. The topological polar surface area (TPSA) is 18.5 Å². The molecule has 232 valence electrons. The zero-order valence-electron chi connectivity index (χ0n) is 27.8. The van der Waals surface area contributed by atoms with Crippen LogP contribution in [0, 0.1) is 0 Å². The third-order valence-electron chi connectivity index (χ3n) is 8.94. The lowest BCUT2D eigenvalue weighted by Gasteiger charge is -2.47. The highest BCUT2D eigenvalue weighted by Crippen LogP contribution is 2.37. The minimum absolute atomic E-state index is 1.24. The maximum absolute atomic E-state index is 8.19. The Labute approximate surface area is 258 Å². The van der Waals surface area contributed by atoms with Crippen LogP contribution >= 0.6 is 0 Å². The van der Waals surface area contributed by atoms with Gasteiger partial charge in [0.2, 0.25) is 0 Å². The van der Waals surface area contributed by atoms with Gasteiger partial charge in [-0.2, -0.15) is 0 Å². The molecule has 0 N–H and O–H groups in total. The van der Waals surface area contributed by atoms with Crippen molar-refractivity contribution < 1.29 is 8.23 Å². The number of hydrogen-bond acceptors (Lipinski definition) is 2. The highest BCUT2D eigenvalue weighted by molar-refractivity contribution is 7.03. The standard InChI is InChI=1S/C36H64O2Si3/c1-7-13-29-39(30-14-8-2,31-15-9-3)37-41(35-25-21-19-22-26-35,36-27-23-20-24-28-36)38-40(32-16-10-4,33-17-11-5)34-18-12-6/h19-28H,7-18,29-34H2,1-6H3. The molecule has 0 bridgehead atoms. The molecule has 0 heterocycles. The number of unbranched alkanes of at least 4 members (excludes halogenated alkanes) is 6. The van der Waals surface area contributed by atoms with E-state index in [-0.39, 0.29) is 0 Å². The third kappa shape index (κ3) is 11.2. The predicted octanol–water partition coefficient (Wildman–Crippen LogP) is 11.0. The van der Waals surface area contributed by atoms with Crippen molar-refractivity contribution in [3.63, 3.8) is 0 Å². The predicted molar refractivity (Wildman–Crippen MR) is 190 cm³/mol. The van der Waals surface area contributed by atoms with Crippen LogP contribution in [0.3, 0.4) is 0 Å². The summed E-state index contributed by atoms with van der Waals surface area (Å²) in [6.45, 7) is 14.1. The molecule has 0 amide bonds. The molecule has 0 atom stereocenters. The van der Waals surface area contributed by atoms with E-state index >= 15 is 0 Å². The summed E-state index contributed by atoms with van der Waals surface area (Å²) >= 11 is 0. The van der Waals surface area contributed by atoms with E-state index in [0.717, 1.165) is 0 Å². The molecule has 0 aromatic heterocycles. The van der Waals surface area contributed by atoms with Crippen LogP contribution in [-0.2, 0) is 8.23 Å². The van der Waals surface area contributed by atoms with Gasteiger partial charge in [-0.15, -0.1) is 0 Å². The highest BCUT2D eigenvalue weighted by atomic mass is 28.5. The fraction of sp³-hybridized carbons (Fsp3) is 0.667. The molecule has 0 radical (unpaired) electrons. The van der Waals surface area contributed by atoms with Crippen molar-refractivity contribution in [1.29, 1.82) is 0 Å². The normalized spacial score (nSPS) is 12.6. The minimum atomic E-state index is -3.00. The first-order valence-electron chi connectivity index (χ1n) is 17.5. The summed E-state index contributed by atoms with van der Waals surface area (Å²) < 4.78 is 16.4. The lowest BCUT2D eigenvalue weighted by molar-refractivity contribution is 0.383. The van der Waals surface area contributed by atoms with Crippen LogP contribution in [0.1, 0.15) is 119 Å². The maximum atomic E-state index is 8.19. The Kier molecular flexibility index (Phi) is 17.7. The summed E-state index contributed by atoms with van der Waals surface area (Å²) in [5.41, 5.74) is 0. The number of benzene rings is 2. The second-order valence-electron chi connectivity index (χ2n) is 12.5. The molecule has 0 aliphatic rings. The van der Waals surface area contributed by atoms with E-state index in [1.807, 2.05) is 0 Å². The molecule has 2 aromatic rings. The second kappa shape index (κ2) is 20.1. The Balaban J connectivity index is 2.87. The smallest absolute Gasteiger partial charge is 0.386 e. The second-order valence-corrected chi connectivity index (χ2v) is 24.3. The van der Waals surface area contributed by atoms with Gasteiger partial charge in [0.1, 0.15) is 0 Å². The summed E-state index contributed by atoms with van der Waals surface area (Å²) in [6.07, 6.45) is 15.1. The fourth-order valence-electron chi connectivity index (χ4n) is 6.40. The van der Waals surface area contributed by atoms with Crippen molar-refractivity contribution in [3.8, 4) is 0 Å². The zero-order valence-corrected chi connectivity index (χ0v) is 30.8. The summed E-state index contributed by atoms with van der Waals surface area (Å²) in [5, 5.41) is 2.68. The Morgan fingerprint density at radius 1 is 0.390 bits per heavy atom. The first-order chi connectivity index (χ1) is 20.0. The molecule has 5 heteroatoms. The van der Waals surface area contributed by atoms with E-state index in [1.165, 1.54) is 124 Å². The van der Waals surface area contributed by atoms with Gasteiger partial charge in [-0.1, -0.05) is 179 Å². The monoisotopic (exact) mass is 612 g/mol. The van der Waals surface area contributed by atoms with Crippen LogP contribution in [0.2, 0.25) is 36.3 Å². The lowest BCUT2D eigenvalue weighted by atomic mass is 10.4. The van der Waals surface area contributed by atoms with E-state index in [0.29, 0.717) is 0 Å². The van der Waals surface area contributed by atoms with Gasteiger partial charge in [0.25, 0.3) is 0 Å². The average molecular weight is 613 g/mol. The molecule has 2 rings (SSSR count). The summed E-state index contributed by atoms with van der Waals surface area (Å²) in [6, 6.07) is 30.3. The van der Waals surface area contributed by atoms with Crippen LogP contribution in [0.15, 0.2) is 60.7 Å². The summed E-state index contributed by atoms with van der Waals surface area (Å²) in [4.78, 5) is 0. The van der Waals surface area contributed by atoms with E-state index < -0.39 is 25.2 Å². The van der Waals surface area contributed by atoms with Crippen LogP contribution in [-0.4, -0.2) is 25.2 Å². The van der Waals surface area contributed by atoms with Crippen molar-refractivity contribution >= 4 is 35.6 Å². The van der Waals surface area contributed by atoms with Gasteiger partial charge in [-0.3, -0.25) is 0 Å². The highest BCUT2D eigenvalue weighted by Gasteiger charge is 2.53. The van der Waals surface area contributed by atoms with E-state index in [4.69, 9.17) is 8.23 Å². The van der Waals surface area contributed by atoms with Crippen LogP contribution < -0.4 is 10.4 Å². The number of rotatable bonds is 24. The first-order valence-corrected chi connectivity index (χ1v) is 24.4. The van der Waals surface area contributed by atoms with Crippen molar-refractivity contribution in [2.24, 2.45) is 0 Å². The van der Waals surface area contributed by atoms with Crippen molar-refractivity contribution in [1.82, 2.24) is 0 Å². The van der Waals surface area contributed by atoms with E-state index in [1.54, 1.807) is 0 Å². The first kappa shape index (κ1) is 36.2. The van der Waals surface area contributed by atoms with Gasteiger partial charge in [0.15, 0.2) is 16.6 Å². The maximum Gasteiger partial charge on any atom is 0.386 e. The van der Waals surface area contributed by atoms with Crippen LogP contribution in [0.25, 0.3) is 0 Å². The Bertz CT molecular complexity index is 787. The van der Waals surface area contributed by atoms with Gasteiger partial charge in [0, 0.05) is 0 Å². The van der Waals surface area contributed by atoms with Crippen LogP contribution in [0.4, 0.5) is 0 Å². The molecule has 0 spiro atoms. The molecule has 2 aromatic carbocycles. The quantitative estimate of drug-likeness (QED) is 0.110. The van der Waals surface area contributed by atoms with Gasteiger partial charge in [-0.25, -0.2) is 0 Å². The molecular formula is C36H64O2Si3. The largest absolute Gasteiger partial charge is 0.429 e. The fourth-order valence-corrected chi connectivity index (χ4v) is 25.2. The Morgan fingerprint density at radius 2 is 0.634 bits per heavy atom. The molecule has 0 aliphatic carbocycles. The van der Waals surface area contributed by atoms with E-state index in [2.05, 4.69) is 102 Å². The van der Waals surface area contributed by atoms with Gasteiger partial charge in [-0.05, 0) is 46.6 Å². The summed E-state index contributed by atoms with van der Waals surface area (Å²) in [7, 11) is -7.18. The van der Waals surface area contributed by atoms with Crippen molar-refractivity contribution in [2.75, 3.05) is 0 Å². The lowest BCUT2D eigenvalue weighted by Crippen LogP contribution is -2.71. The molecule has 41 heavy (non-hydrogen) atoms. The SMILES string of the molecule is CCCC[Si](CCCC)(CCCC)O[Si](O[Si](CCCC)(CCCC)CCCC)(c1ccccc1)c1ccccc1. The molecule has 0 saturated carbocycles. The Morgan fingerprint density at radius 3 is 0.854 bits per heavy atom.